The van der Waals surface area contributed by atoms with Gasteiger partial charge in [-0.1, -0.05) is 23.7 Å². The van der Waals surface area contributed by atoms with Gasteiger partial charge in [-0.25, -0.2) is 4.68 Å². The summed E-state index contributed by atoms with van der Waals surface area (Å²) in [4.78, 5) is 14.9. The fourth-order valence-corrected chi connectivity index (χ4v) is 4.67. The molecule has 2 aliphatic rings. The Morgan fingerprint density at radius 3 is 2.40 bits per heavy atom. The summed E-state index contributed by atoms with van der Waals surface area (Å²) in [5, 5.41) is 7.75. The number of carbonyl (C=O) groups is 1. The Hall–Kier alpha value is -2.22. The molecular weight excluding hydrogens is 417 g/mol. The molecule has 1 N–H and O–H groups in total. The van der Waals surface area contributed by atoms with E-state index in [1.807, 2.05) is 13.8 Å². The van der Waals surface area contributed by atoms with E-state index in [1.54, 1.807) is 29.2 Å². The summed E-state index contributed by atoms with van der Waals surface area (Å²) in [6, 6.07) is 5.87. The van der Waals surface area contributed by atoms with Gasteiger partial charge in [0.15, 0.2) is 11.7 Å². The van der Waals surface area contributed by atoms with Gasteiger partial charge >= 0.3 is 6.18 Å². The summed E-state index contributed by atoms with van der Waals surface area (Å²) >= 11 is 5.91. The van der Waals surface area contributed by atoms with Crippen molar-refractivity contribution in [1.82, 2.24) is 14.7 Å². The summed E-state index contributed by atoms with van der Waals surface area (Å²) in [6.45, 7) is 3.94. The summed E-state index contributed by atoms with van der Waals surface area (Å²) in [5.74, 6) is -0.119. The quantitative estimate of drug-likeness (QED) is 0.661. The van der Waals surface area contributed by atoms with Crippen LogP contribution in [-0.2, 0) is 0 Å². The SMILES string of the molecule is C[C@@H]1CCC[C@H](C)N1C(=O)c1cc2n(n1)[C@@H](C(F)(F)F)C[C@H](c1ccc(Cl)cc1)N2. The van der Waals surface area contributed by atoms with Crippen molar-refractivity contribution in [2.45, 2.75) is 69.9 Å². The molecular formula is C21H24ClF3N4O. The number of piperidine rings is 1. The normalized spacial score (nSPS) is 26.8. The molecule has 9 heteroatoms. The molecule has 5 nitrogen and oxygen atoms in total. The molecule has 0 unspecified atom stereocenters. The first-order valence-electron chi connectivity index (χ1n) is 10.2. The molecule has 4 atom stereocenters. The van der Waals surface area contributed by atoms with Gasteiger partial charge in [-0.15, -0.1) is 0 Å². The van der Waals surface area contributed by atoms with Crippen molar-refractivity contribution in [3.63, 3.8) is 0 Å². The molecule has 0 saturated carbocycles. The molecule has 1 aromatic heterocycles. The van der Waals surface area contributed by atoms with E-state index in [9.17, 15) is 18.0 Å². The van der Waals surface area contributed by atoms with E-state index in [0.29, 0.717) is 10.6 Å². The third-order valence-corrected chi connectivity index (χ3v) is 6.36. The molecule has 1 saturated heterocycles. The Balaban J connectivity index is 1.68. The van der Waals surface area contributed by atoms with Crippen molar-refractivity contribution >= 4 is 23.3 Å². The summed E-state index contributed by atoms with van der Waals surface area (Å²) in [7, 11) is 0. The van der Waals surface area contributed by atoms with Crippen LogP contribution in [0.3, 0.4) is 0 Å². The van der Waals surface area contributed by atoms with Crippen LogP contribution in [0.25, 0.3) is 0 Å². The minimum Gasteiger partial charge on any atom is -0.363 e. The molecule has 0 aliphatic carbocycles. The second-order valence-electron chi connectivity index (χ2n) is 8.24. The van der Waals surface area contributed by atoms with Crippen LogP contribution < -0.4 is 5.32 Å². The zero-order chi connectivity index (χ0) is 21.6. The highest BCUT2D eigenvalue weighted by Crippen LogP contribution is 2.44. The maximum atomic E-state index is 13.9. The Morgan fingerprint density at radius 2 is 1.80 bits per heavy atom. The minimum absolute atomic E-state index is 0.0353. The van der Waals surface area contributed by atoms with Gasteiger partial charge in [0.2, 0.25) is 0 Å². The number of rotatable bonds is 2. The first-order valence-corrected chi connectivity index (χ1v) is 10.5. The number of amides is 1. The number of carbonyl (C=O) groups excluding carboxylic acids is 1. The van der Waals surface area contributed by atoms with Crippen LogP contribution in [0.1, 0.15) is 67.7 Å². The van der Waals surface area contributed by atoms with Gasteiger partial charge in [0.05, 0.1) is 6.04 Å². The lowest BCUT2D eigenvalue weighted by Crippen LogP contribution is -2.47. The van der Waals surface area contributed by atoms with Gasteiger partial charge in [-0.2, -0.15) is 18.3 Å². The van der Waals surface area contributed by atoms with Crippen LogP contribution in [0.2, 0.25) is 5.02 Å². The topological polar surface area (TPSA) is 50.2 Å². The number of nitrogens with one attached hydrogen (secondary N) is 1. The average Bonchev–Trinajstić information content (AvgIpc) is 3.11. The number of benzene rings is 1. The fraction of sp³-hybridized carbons (Fsp3) is 0.524. The number of likely N-dealkylation sites (tertiary alicyclic amines) is 1. The van der Waals surface area contributed by atoms with Crippen molar-refractivity contribution in [3.8, 4) is 0 Å². The van der Waals surface area contributed by atoms with E-state index in [1.165, 1.54) is 6.07 Å². The van der Waals surface area contributed by atoms with Crippen LogP contribution in [0.4, 0.5) is 19.0 Å². The molecule has 2 aliphatic heterocycles. The zero-order valence-electron chi connectivity index (χ0n) is 16.8. The number of aromatic nitrogens is 2. The van der Waals surface area contributed by atoms with Crippen LogP contribution >= 0.6 is 11.6 Å². The Kier molecular flexibility index (Phi) is 5.46. The Labute approximate surface area is 178 Å². The smallest absolute Gasteiger partial charge is 0.363 e. The lowest BCUT2D eigenvalue weighted by Gasteiger charge is -2.38. The van der Waals surface area contributed by atoms with Gasteiger partial charge in [-0.3, -0.25) is 4.79 Å². The van der Waals surface area contributed by atoms with E-state index < -0.39 is 18.3 Å². The van der Waals surface area contributed by atoms with E-state index in [-0.39, 0.29) is 35.9 Å². The molecule has 1 amide bonds. The molecule has 162 valence electrons. The first-order chi connectivity index (χ1) is 14.1. The van der Waals surface area contributed by atoms with Crippen molar-refractivity contribution < 1.29 is 18.0 Å². The van der Waals surface area contributed by atoms with Crippen LogP contribution in [0.5, 0.6) is 0 Å². The van der Waals surface area contributed by atoms with Gasteiger partial charge in [-0.05, 0) is 50.8 Å². The number of alkyl halides is 3. The lowest BCUT2D eigenvalue weighted by atomic mass is 9.97. The van der Waals surface area contributed by atoms with Gasteiger partial charge in [0.1, 0.15) is 5.82 Å². The highest BCUT2D eigenvalue weighted by Gasteiger charge is 2.47. The highest BCUT2D eigenvalue weighted by atomic mass is 35.5. The number of hydrogen-bond acceptors (Lipinski definition) is 3. The summed E-state index contributed by atoms with van der Waals surface area (Å²) in [6.07, 6.45) is -1.91. The second kappa shape index (κ2) is 7.80. The molecule has 0 radical (unpaired) electrons. The molecule has 1 aromatic carbocycles. The van der Waals surface area contributed by atoms with Gasteiger partial charge in [0, 0.05) is 29.6 Å². The fourth-order valence-electron chi connectivity index (χ4n) is 4.55. The van der Waals surface area contributed by atoms with E-state index in [4.69, 9.17) is 11.6 Å². The van der Waals surface area contributed by atoms with Gasteiger partial charge < -0.3 is 10.2 Å². The molecule has 3 heterocycles. The second-order valence-corrected chi connectivity index (χ2v) is 8.68. The van der Waals surface area contributed by atoms with Crippen molar-refractivity contribution in [1.29, 1.82) is 0 Å². The van der Waals surface area contributed by atoms with Crippen molar-refractivity contribution in [2.24, 2.45) is 0 Å². The molecule has 30 heavy (non-hydrogen) atoms. The number of halogens is 4. The van der Waals surface area contributed by atoms with Crippen LogP contribution in [-0.4, -0.2) is 38.8 Å². The van der Waals surface area contributed by atoms with Crippen molar-refractivity contribution in [3.05, 3.63) is 46.6 Å². The van der Waals surface area contributed by atoms with Crippen molar-refractivity contribution in [2.75, 3.05) is 5.32 Å². The number of nitrogens with zero attached hydrogens (tertiary/aromatic N) is 3. The lowest BCUT2D eigenvalue weighted by molar-refractivity contribution is -0.173. The number of hydrogen-bond donors (Lipinski definition) is 1. The van der Waals surface area contributed by atoms with Crippen LogP contribution in [0, 0.1) is 0 Å². The van der Waals surface area contributed by atoms with E-state index in [2.05, 4.69) is 10.4 Å². The number of fused-ring (bicyclic) bond motifs is 1. The standard InChI is InChI=1S/C21H24ClF3N4O/c1-12-4-3-5-13(2)28(12)20(30)17-11-19-26-16(14-6-8-15(22)9-7-14)10-18(21(23,24)25)29(19)27-17/h6-9,11-13,16,18,26H,3-5,10H2,1-2H3/t12-,13+,16-,18-/m1/s1. The van der Waals surface area contributed by atoms with Gasteiger partial charge in [0.25, 0.3) is 5.91 Å². The molecule has 2 aromatic rings. The number of anilines is 1. The monoisotopic (exact) mass is 440 g/mol. The minimum atomic E-state index is -4.49. The Morgan fingerprint density at radius 1 is 1.17 bits per heavy atom. The first kappa shape index (κ1) is 21.0. The maximum absolute atomic E-state index is 13.9. The third-order valence-electron chi connectivity index (χ3n) is 6.11. The molecule has 0 bridgehead atoms. The molecule has 4 rings (SSSR count). The molecule has 0 spiro atoms. The van der Waals surface area contributed by atoms with Crippen LogP contribution in [0.15, 0.2) is 30.3 Å². The summed E-state index contributed by atoms with van der Waals surface area (Å²) in [5.41, 5.74) is 0.747. The highest BCUT2D eigenvalue weighted by molar-refractivity contribution is 6.30. The largest absolute Gasteiger partial charge is 0.410 e. The third kappa shape index (κ3) is 3.89. The average molecular weight is 441 g/mol. The zero-order valence-corrected chi connectivity index (χ0v) is 17.5. The Bertz CT molecular complexity index is 917. The van der Waals surface area contributed by atoms with E-state index in [0.717, 1.165) is 23.9 Å². The summed E-state index contributed by atoms with van der Waals surface area (Å²) < 4.78 is 42.5. The van der Waals surface area contributed by atoms with E-state index >= 15 is 0 Å². The predicted molar refractivity (Wildman–Crippen MR) is 109 cm³/mol. The maximum Gasteiger partial charge on any atom is 0.410 e. The predicted octanol–water partition coefficient (Wildman–Crippen LogP) is 5.60. The molecule has 1 fully saturated rings.